The molecule has 0 saturated heterocycles. The van der Waals surface area contributed by atoms with Crippen molar-refractivity contribution >= 4 is 17.4 Å². The minimum Gasteiger partial charge on any atom is -0.356 e. The van der Waals surface area contributed by atoms with Crippen LogP contribution < -0.4 is 5.32 Å². The summed E-state index contributed by atoms with van der Waals surface area (Å²) >= 11 is 0. The van der Waals surface area contributed by atoms with Crippen LogP contribution in [0.1, 0.15) is 23.7 Å². The fourth-order valence-corrected chi connectivity index (χ4v) is 1.36. The average molecular weight is 236 g/mol. The maximum Gasteiger partial charge on any atom is 0.280 e. The average Bonchev–Trinajstić information content (AvgIpc) is 2.28. The van der Waals surface area contributed by atoms with E-state index in [2.05, 4.69) is 5.32 Å². The molecule has 90 valence electrons. The van der Waals surface area contributed by atoms with Gasteiger partial charge < -0.3 is 5.32 Å². The number of nitro groups is 1. The lowest BCUT2D eigenvalue weighted by Gasteiger charge is -2.02. The van der Waals surface area contributed by atoms with Crippen molar-refractivity contribution in [1.82, 2.24) is 5.32 Å². The van der Waals surface area contributed by atoms with Gasteiger partial charge in [0.25, 0.3) is 5.69 Å². The third-order valence-corrected chi connectivity index (χ3v) is 2.13. The van der Waals surface area contributed by atoms with Crippen LogP contribution in [-0.4, -0.2) is 23.2 Å². The first-order valence-electron chi connectivity index (χ1n) is 5.03. The highest BCUT2D eigenvalue weighted by molar-refractivity contribution is 6.00. The van der Waals surface area contributed by atoms with Gasteiger partial charge in [-0.3, -0.25) is 19.7 Å². The van der Waals surface area contributed by atoms with Crippen LogP contribution in [0.2, 0.25) is 0 Å². The van der Waals surface area contributed by atoms with Crippen LogP contribution >= 0.6 is 0 Å². The van der Waals surface area contributed by atoms with Gasteiger partial charge in [0.15, 0.2) is 5.78 Å². The zero-order chi connectivity index (χ0) is 12.8. The van der Waals surface area contributed by atoms with E-state index in [0.717, 1.165) is 0 Å². The fourth-order valence-electron chi connectivity index (χ4n) is 1.36. The van der Waals surface area contributed by atoms with Gasteiger partial charge in [0.2, 0.25) is 5.91 Å². The molecule has 1 N–H and O–H groups in total. The van der Waals surface area contributed by atoms with Crippen LogP contribution in [0.4, 0.5) is 5.69 Å². The fraction of sp³-hybridized carbons (Fsp3) is 0.273. The zero-order valence-corrected chi connectivity index (χ0v) is 9.30. The number of ketones is 1. The molecule has 0 aliphatic carbocycles. The summed E-state index contributed by atoms with van der Waals surface area (Å²) in [5, 5.41) is 13.2. The summed E-state index contributed by atoms with van der Waals surface area (Å²) in [7, 11) is 0. The molecule has 0 aliphatic rings. The molecule has 17 heavy (non-hydrogen) atoms. The Kier molecular flexibility index (Phi) is 4.33. The standard InChI is InChI=1S/C11H12N2O4/c1-8(14)12-7-6-11(15)9-4-2-3-5-10(9)13(16)17/h2-5H,6-7H2,1H3,(H,12,14). The topological polar surface area (TPSA) is 89.3 Å². The number of nitrogens with zero attached hydrogens (tertiary/aromatic N) is 1. The second kappa shape index (κ2) is 5.74. The number of Topliss-reactive ketones (excluding diaryl/α,β-unsaturated/α-hetero) is 1. The van der Waals surface area contributed by atoms with E-state index in [-0.39, 0.29) is 35.9 Å². The van der Waals surface area contributed by atoms with Gasteiger partial charge in [-0.2, -0.15) is 0 Å². The number of amides is 1. The number of hydrogen-bond acceptors (Lipinski definition) is 4. The number of carbonyl (C=O) groups excluding carboxylic acids is 2. The summed E-state index contributed by atoms with van der Waals surface area (Å²) < 4.78 is 0. The number of nitro benzene ring substituents is 1. The van der Waals surface area contributed by atoms with Crippen molar-refractivity contribution in [3.05, 3.63) is 39.9 Å². The Morgan fingerprint density at radius 2 is 2.00 bits per heavy atom. The molecule has 1 aromatic carbocycles. The van der Waals surface area contributed by atoms with Crippen LogP contribution in [0, 0.1) is 10.1 Å². The quantitative estimate of drug-likeness (QED) is 0.474. The number of nitrogens with one attached hydrogen (secondary N) is 1. The molecule has 0 unspecified atom stereocenters. The van der Waals surface area contributed by atoms with Gasteiger partial charge in [-0.05, 0) is 6.07 Å². The summed E-state index contributed by atoms with van der Waals surface area (Å²) in [5.74, 6) is -0.591. The molecule has 0 saturated carbocycles. The van der Waals surface area contributed by atoms with Crippen LogP contribution in [0.25, 0.3) is 0 Å². The molecule has 6 heteroatoms. The van der Waals surface area contributed by atoms with Gasteiger partial charge in [0, 0.05) is 26.0 Å². The maximum absolute atomic E-state index is 11.7. The molecule has 0 fully saturated rings. The third-order valence-electron chi connectivity index (χ3n) is 2.13. The highest BCUT2D eigenvalue weighted by Gasteiger charge is 2.18. The van der Waals surface area contributed by atoms with Gasteiger partial charge in [0.1, 0.15) is 0 Å². The summed E-state index contributed by atoms with van der Waals surface area (Å²) in [4.78, 5) is 32.4. The van der Waals surface area contributed by atoms with E-state index in [1.165, 1.54) is 25.1 Å². The second-order valence-corrected chi connectivity index (χ2v) is 3.43. The van der Waals surface area contributed by atoms with Crippen molar-refractivity contribution in [2.45, 2.75) is 13.3 Å². The van der Waals surface area contributed by atoms with Crippen molar-refractivity contribution in [2.75, 3.05) is 6.54 Å². The monoisotopic (exact) mass is 236 g/mol. The number of carbonyl (C=O) groups is 2. The summed E-state index contributed by atoms with van der Waals surface area (Å²) in [6.45, 7) is 1.52. The maximum atomic E-state index is 11.7. The first-order valence-corrected chi connectivity index (χ1v) is 5.03. The summed E-state index contributed by atoms with van der Waals surface area (Å²) in [6, 6.07) is 5.77. The SMILES string of the molecule is CC(=O)NCCC(=O)c1ccccc1[N+](=O)[O-]. The van der Waals surface area contributed by atoms with Crippen molar-refractivity contribution < 1.29 is 14.5 Å². The van der Waals surface area contributed by atoms with Crippen molar-refractivity contribution in [1.29, 1.82) is 0 Å². The Bertz CT molecular complexity index is 457. The number of rotatable bonds is 5. The highest BCUT2D eigenvalue weighted by Crippen LogP contribution is 2.18. The lowest BCUT2D eigenvalue weighted by atomic mass is 10.1. The van der Waals surface area contributed by atoms with Crippen molar-refractivity contribution in [3.8, 4) is 0 Å². The first kappa shape index (κ1) is 12.8. The van der Waals surface area contributed by atoms with E-state index < -0.39 is 4.92 Å². The van der Waals surface area contributed by atoms with Crippen LogP contribution in [0.5, 0.6) is 0 Å². The molecule has 0 bridgehead atoms. The van der Waals surface area contributed by atoms with Gasteiger partial charge >= 0.3 is 0 Å². The second-order valence-electron chi connectivity index (χ2n) is 3.43. The molecule has 6 nitrogen and oxygen atoms in total. The number of para-hydroxylation sites is 1. The van der Waals surface area contributed by atoms with Crippen LogP contribution in [-0.2, 0) is 4.79 Å². The largest absolute Gasteiger partial charge is 0.356 e. The Morgan fingerprint density at radius 1 is 1.35 bits per heavy atom. The molecule has 1 rings (SSSR count). The van der Waals surface area contributed by atoms with Gasteiger partial charge in [-0.15, -0.1) is 0 Å². The van der Waals surface area contributed by atoms with Gasteiger partial charge in [-0.1, -0.05) is 12.1 Å². The Hall–Kier alpha value is -2.24. The first-order chi connectivity index (χ1) is 8.02. The summed E-state index contributed by atoms with van der Waals surface area (Å²) in [5.41, 5.74) is -0.136. The molecule has 1 aromatic rings. The minimum absolute atomic E-state index is 0.0461. The normalized spacial score (nSPS) is 9.71. The minimum atomic E-state index is -0.592. The van der Waals surface area contributed by atoms with E-state index in [0.29, 0.717) is 0 Å². The van der Waals surface area contributed by atoms with E-state index in [1.54, 1.807) is 6.07 Å². The van der Waals surface area contributed by atoms with E-state index in [9.17, 15) is 19.7 Å². The predicted molar refractivity (Wildman–Crippen MR) is 60.7 cm³/mol. The highest BCUT2D eigenvalue weighted by atomic mass is 16.6. The molecule has 0 spiro atoms. The molecule has 0 heterocycles. The summed E-state index contributed by atoms with van der Waals surface area (Å²) in [6.07, 6.45) is 0.0461. The van der Waals surface area contributed by atoms with Crippen LogP contribution in [0.3, 0.4) is 0 Å². The van der Waals surface area contributed by atoms with Crippen molar-refractivity contribution in [3.63, 3.8) is 0 Å². The predicted octanol–water partition coefficient (Wildman–Crippen LogP) is 1.30. The Morgan fingerprint density at radius 3 is 2.59 bits per heavy atom. The number of hydrogen-bond donors (Lipinski definition) is 1. The smallest absolute Gasteiger partial charge is 0.280 e. The molecule has 0 aromatic heterocycles. The lowest BCUT2D eigenvalue weighted by molar-refractivity contribution is -0.385. The lowest BCUT2D eigenvalue weighted by Crippen LogP contribution is -2.23. The molecule has 0 radical (unpaired) electrons. The molecular weight excluding hydrogens is 224 g/mol. The van der Waals surface area contributed by atoms with E-state index in [1.807, 2.05) is 0 Å². The molecule has 1 amide bonds. The van der Waals surface area contributed by atoms with Crippen molar-refractivity contribution in [2.24, 2.45) is 0 Å². The number of benzene rings is 1. The molecule has 0 atom stereocenters. The Labute approximate surface area is 97.8 Å². The third kappa shape index (κ3) is 3.67. The van der Waals surface area contributed by atoms with E-state index >= 15 is 0 Å². The molecule has 0 aliphatic heterocycles. The zero-order valence-electron chi connectivity index (χ0n) is 9.30. The Balaban J connectivity index is 2.75. The van der Waals surface area contributed by atoms with Crippen LogP contribution in [0.15, 0.2) is 24.3 Å². The van der Waals surface area contributed by atoms with Gasteiger partial charge in [-0.25, -0.2) is 0 Å². The van der Waals surface area contributed by atoms with E-state index in [4.69, 9.17) is 0 Å². The van der Waals surface area contributed by atoms with Gasteiger partial charge in [0.05, 0.1) is 10.5 Å². The molecular formula is C11H12N2O4.